The van der Waals surface area contributed by atoms with E-state index >= 15 is 0 Å². The Morgan fingerprint density at radius 2 is 1.86 bits per heavy atom. The van der Waals surface area contributed by atoms with Crippen LogP contribution in [0.4, 0.5) is 0 Å². The average molecular weight is 197 g/mol. The van der Waals surface area contributed by atoms with Crippen LogP contribution in [0.3, 0.4) is 0 Å². The number of rotatable bonds is 3. The quantitative estimate of drug-likeness (QED) is 0.697. The molecule has 14 heavy (non-hydrogen) atoms. The molecule has 2 rings (SSSR count). The lowest BCUT2D eigenvalue weighted by molar-refractivity contribution is -0.141. The summed E-state index contributed by atoms with van der Waals surface area (Å²) in [5, 5.41) is 11.1. The first-order valence-electron chi connectivity index (χ1n) is 5.11. The number of carbonyl (C=O) groups excluding carboxylic acids is 1. The van der Waals surface area contributed by atoms with Crippen molar-refractivity contribution in [2.75, 3.05) is 0 Å². The fourth-order valence-corrected chi connectivity index (χ4v) is 2.32. The summed E-state index contributed by atoms with van der Waals surface area (Å²) in [5.74, 6) is 0.533. The van der Waals surface area contributed by atoms with Gasteiger partial charge in [-0.15, -0.1) is 0 Å². The zero-order valence-electron chi connectivity index (χ0n) is 8.19. The minimum absolute atomic E-state index is 0.0700. The number of carboxylic acids is 1. The lowest BCUT2D eigenvalue weighted by atomic mass is 10.0. The Bertz CT molecular complexity index is 267. The van der Waals surface area contributed by atoms with Gasteiger partial charge in [0.05, 0.1) is 0 Å². The summed E-state index contributed by atoms with van der Waals surface area (Å²) in [6.45, 7) is 1.50. The van der Waals surface area contributed by atoms with Crippen molar-refractivity contribution in [2.45, 2.75) is 32.2 Å². The van der Waals surface area contributed by atoms with Crippen LogP contribution in [-0.2, 0) is 9.59 Å². The lowest BCUT2D eigenvalue weighted by Crippen LogP contribution is -2.41. The van der Waals surface area contributed by atoms with Crippen molar-refractivity contribution < 1.29 is 14.7 Å². The predicted octanol–water partition coefficient (Wildman–Crippen LogP) is 0.622. The highest BCUT2D eigenvalue weighted by Crippen LogP contribution is 2.54. The van der Waals surface area contributed by atoms with Crippen molar-refractivity contribution in [3.05, 3.63) is 0 Å². The largest absolute Gasteiger partial charge is 0.480 e. The van der Waals surface area contributed by atoms with E-state index in [9.17, 15) is 9.59 Å². The van der Waals surface area contributed by atoms with Crippen LogP contribution in [0, 0.1) is 17.8 Å². The minimum Gasteiger partial charge on any atom is -0.480 e. The Labute approximate surface area is 82.7 Å². The summed E-state index contributed by atoms with van der Waals surface area (Å²) >= 11 is 0. The van der Waals surface area contributed by atoms with E-state index < -0.39 is 12.0 Å². The summed E-state index contributed by atoms with van der Waals surface area (Å²) in [5.41, 5.74) is 0. The fourth-order valence-electron chi connectivity index (χ4n) is 2.32. The third-order valence-corrected chi connectivity index (χ3v) is 3.34. The first-order valence-corrected chi connectivity index (χ1v) is 5.11. The summed E-state index contributed by atoms with van der Waals surface area (Å²) in [4.78, 5) is 22.1. The molecular weight excluding hydrogens is 182 g/mol. The van der Waals surface area contributed by atoms with Gasteiger partial charge >= 0.3 is 5.97 Å². The molecule has 4 nitrogen and oxygen atoms in total. The van der Waals surface area contributed by atoms with Gasteiger partial charge in [-0.25, -0.2) is 0 Å². The van der Waals surface area contributed by atoms with Gasteiger partial charge in [0, 0.05) is 5.92 Å². The zero-order valence-corrected chi connectivity index (χ0v) is 8.19. The van der Waals surface area contributed by atoms with Crippen molar-refractivity contribution in [3.8, 4) is 0 Å². The molecule has 2 aliphatic carbocycles. The molecule has 0 saturated heterocycles. The van der Waals surface area contributed by atoms with Crippen LogP contribution in [0.2, 0.25) is 0 Å². The standard InChI is InChI=1S/C10H15NO3/c1-5(10(13)14)11-9(12)8-3-6-2-7(6)4-8/h5-8H,2-4H2,1H3,(H,11,12)(H,13,14)/t5-,6?,7?,8?/m0/s1. The summed E-state index contributed by atoms with van der Waals surface area (Å²) in [7, 11) is 0. The average Bonchev–Trinajstić information content (AvgIpc) is 2.73. The summed E-state index contributed by atoms with van der Waals surface area (Å²) in [6, 6.07) is -0.764. The van der Waals surface area contributed by atoms with E-state index in [0.29, 0.717) is 0 Å². The molecule has 0 aliphatic heterocycles. The van der Waals surface area contributed by atoms with Crippen LogP contribution in [-0.4, -0.2) is 23.0 Å². The van der Waals surface area contributed by atoms with E-state index in [0.717, 1.165) is 24.7 Å². The molecule has 0 aromatic carbocycles. The Hall–Kier alpha value is -1.06. The molecule has 2 fully saturated rings. The van der Waals surface area contributed by atoms with Crippen LogP contribution in [0.1, 0.15) is 26.2 Å². The number of carboxylic acid groups (broad SMARTS) is 1. The number of fused-ring (bicyclic) bond motifs is 1. The van der Waals surface area contributed by atoms with Crippen molar-refractivity contribution in [2.24, 2.45) is 17.8 Å². The number of hydrogen-bond acceptors (Lipinski definition) is 2. The predicted molar refractivity (Wildman–Crippen MR) is 49.6 cm³/mol. The SMILES string of the molecule is C[C@H](NC(=O)C1CC2CC2C1)C(=O)O. The molecule has 0 spiro atoms. The fraction of sp³-hybridized carbons (Fsp3) is 0.800. The van der Waals surface area contributed by atoms with E-state index in [1.807, 2.05) is 0 Å². The number of aliphatic carboxylic acids is 1. The van der Waals surface area contributed by atoms with Gasteiger partial charge in [-0.3, -0.25) is 9.59 Å². The van der Waals surface area contributed by atoms with Gasteiger partial charge in [-0.2, -0.15) is 0 Å². The molecule has 0 aromatic rings. The molecule has 1 amide bonds. The van der Waals surface area contributed by atoms with Crippen molar-refractivity contribution in [3.63, 3.8) is 0 Å². The van der Waals surface area contributed by atoms with Crippen LogP contribution < -0.4 is 5.32 Å². The molecule has 0 bridgehead atoms. The smallest absolute Gasteiger partial charge is 0.325 e. The molecule has 0 heterocycles. The molecule has 2 saturated carbocycles. The highest BCUT2D eigenvalue weighted by atomic mass is 16.4. The van der Waals surface area contributed by atoms with Gasteiger partial charge in [-0.1, -0.05) is 0 Å². The van der Waals surface area contributed by atoms with Gasteiger partial charge in [0.2, 0.25) is 5.91 Å². The Morgan fingerprint density at radius 3 is 2.36 bits per heavy atom. The molecule has 0 radical (unpaired) electrons. The number of carbonyl (C=O) groups is 2. The first kappa shape index (κ1) is 9.49. The number of amides is 1. The highest BCUT2D eigenvalue weighted by molar-refractivity contribution is 5.85. The second-order valence-electron chi connectivity index (χ2n) is 4.49. The van der Waals surface area contributed by atoms with Crippen molar-refractivity contribution in [1.82, 2.24) is 5.32 Å². The molecular formula is C10H15NO3. The maximum atomic E-state index is 11.6. The molecule has 2 aliphatic rings. The molecule has 3 atom stereocenters. The van der Waals surface area contributed by atoms with E-state index in [4.69, 9.17) is 5.11 Å². The van der Waals surface area contributed by atoms with Crippen LogP contribution in [0.15, 0.2) is 0 Å². The third kappa shape index (κ3) is 1.74. The summed E-state index contributed by atoms with van der Waals surface area (Å²) in [6.07, 6.45) is 3.20. The second kappa shape index (κ2) is 3.26. The van der Waals surface area contributed by atoms with Gasteiger partial charge < -0.3 is 10.4 Å². The lowest BCUT2D eigenvalue weighted by Gasteiger charge is -2.14. The highest BCUT2D eigenvalue weighted by Gasteiger charge is 2.48. The van der Waals surface area contributed by atoms with Crippen molar-refractivity contribution >= 4 is 11.9 Å². The zero-order chi connectivity index (χ0) is 10.3. The molecule has 4 heteroatoms. The van der Waals surface area contributed by atoms with E-state index in [-0.39, 0.29) is 11.8 Å². The minimum atomic E-state index is -0.971. The maximum Gasteiger partial charge on any atom is 0.325 e. The first-order chi connectivity index (χ1) is 6.58. The van der Waals surface area contributed by atoms with Crippen molar-refractivity contribution in [1.29, 1.82) is 0 Å². The molecule has 0 aromatic heterocycles. The topological polar surface area (TPSA) is 66.4 Å². The summed E-state index contributed by atoms with van der Waals surface area (Å²) < 4.78 is 0. The molecule has 78 valence electrons. The number of nitrogens with one attached hydrogen (secondary N) is 1. The van der Waals surface area contributed by atoms with Gasteiger partial charge in [0.15, 0.2) is 0 Å². The van der Waals surface area contributed by atoms with Gasteiger partial charge in [0.25, 0.3) is 0 Å². The van der Waals surface area contributed by atoms with Crippen LogP contribution >= 0.6 is 0 Å². The normalized spacial score (nSPS) is 35.9. The second-order valence-corrected chi connectivity index (χ2v) is 4.49. The Kier molecular flexibility index (Phi) is 2.21. The van der Waals surface area contributed by atoms with E-state index in [2.05, 4.69) is 5.32 Å². The van der Waals surface area contributed by atoms with Gasteiger partial charge in [0.1, 0.15) is 6.04 Å². The Morgan fingerprint density at radius 1 is 1.29 bits per heavy atom. The van der Waals surface area contributed by atoms with Gasteiger partial charge in [-0.05, 0) is 38.0 Å². The number of hydrogen-bond donors (Lipinski definition) is 2. The molecule has 2 unspecified atom stereocenters. The molecule has 2 N–H and O–H groups in total. The third-order valence-electron chi connectivity index (χ3n) is 3.34. The van der Waals surface area contributed by atoms with Crippen LogP contribution in [0.5, 0.6) is 0 Å². The maximum absolute atomic E-state index is 11.6. The monoisotopic (exact) mass is 197 g/mol. The Balaban J connectivity index is 1.81. The van der Waals surface area contributed by atoms with E-state index in [1.165, 1.54) is 13.3 Å². The van der Waals surface area contributed by atoms with E-state index in [1.54, 1.807) is 0 Å². The van der Waals surface area contributed by atoms with Crippen LogP contribution in [0.25, 0.3) is 0 Å².